The molecule has 120 valence electrons. The molecular formula is C15H24FNO3S. The van der Waals surface area contributed by atoms with Crippen molar-refractivity contribution in [3.8, 4) is 0 Å². The predicted octanol–water partition coefficient (Wildman–Crippen LogP) is 2.73. The molecule has 1 atom stereocenters. The fraction of sp³-hybridized carbons (Fsp3) is 0.600. The second-order valence-electron chi connectivity index (χ2n) is 5.36. The van der Waals surface area contributed by atoms with Crippen LogP contribution in [-0.2, 0) is 16.6 Å². The van der Waals surface area contributed by atoms with Gasteiger partial charge in [0.15, 0.2) is 0 Å². The van der Waals surface area contributed by atoms with E-state index in [0.29, 0.717) is 0 Å². The van der Waals surface area contributed by atoms with Crippen LogP contribution < -0.4 is 4.72 Å². The maximum absolute atomic E-state index is 13.7. The highest BCUT2D eigenvalue weighted by Crippen LogP contribution is 2.21. The molecule has 0 saturated carbocycles. The summed E-state index contributed by atoms with van der Waals surface area (Å²) >= 11 is 0. The lowest BCUT2D eigenvalue weighted by Gasteiger charge is -2.22. The molecule has 0 aliphatic carbocycles. The van der Waals surface area contributed by atoms with E-state index in [1.54, 1.807) is 0 Å². The molecule has 0 aliphatic heterocycles. The molecule has 1 aromatic rings. The van der Waals surface area contributed by atoms with Crippen LogP contribution in [0.2, 0.25) is 0 Å². The number of aryl methyl sites for hydroxylation is 1. The Kier molecular flexibility index (Phi) is 6.31. The summed E-state index contributed by atoms with van der Waals surface area (Å²) in [5.74, 6) is -0.317. The molecule has 0 amide bonds. The molecule has 1 unspecified atom stereocenters. The summed E-state index contributed by atoms with van der Waals surface area (Å²) in [7, 11) is -3.72. The molecule has 0 heterocycles. The Morgan fingerprint density at radius 3 is 2.33 bits per heavy atom. The number of rotatable bonds is 7. The van der Waals surface area contributed by atoms with Crippen molar-refractivity contribution in [3.63, 3.8) is 0 Å². The van der Waals surface area contributed by atoms with E-state index in [1.807, 2.05) is 20.8 Å². The van der Waals surface area contributed by atoms with Crippen LogP contribution in [0.15, 0.2) is 17.0 Å². The summed E-state index contributed by atoms with van der Waals surface area (Å²) in [6, 6.07) is 2.27. The van der Waals surface area contributed by atoms with Crippen molar-refractivity contribution < 1.29 is 17.9 Å². The van der Waals surface area contributed by atoms with E-state index in [2.05, 4.69) is 4.72 Å². The normalized spacial score (nSPS) is 13.7. The van der Waals surface area contributed by atoms with E-state index in [1.165, 1.54) is 19.1 Å². The maximum Gasteiger partial charge on any atom is 0.240 e. The fourth-order valence-corrected chi connectivity index (χ4v) is 3.93. The zero-order valence-electron chi connectivity index (χ0n) is 13.0. The molecule has 0 radical (unpaired) electrons. The third-order valence-corrected chi connectivity index (χ3v) is 5.42. The standard InChI is InChI=1S/C15H24FNO3S/c1-5-12(6-2)11(4)17-21(19,20)14-7-10(3)15(16)13(8-14)9-18/h7-8,11-12,17-18H,5-6,9H2,1-4H3. The molecule has 1 rings (SSSR count). The summed E-state index contributed by atoms with van der Waals surface area (Å²) in [4.78, 5) is -0.0109. The number of nitrogens with one attached hydrogen (secondary N) is 1. The van der Waals surface area contributed by atoms with Crippen molar-refractivity contribution in [2.75, 3.05) is 0 Å². The van der Waals surface area contributed by atoms with Gasteiger partial charge in [0, 0.05) is 11.6 Å². The van der Waals surface area contributed by atoms with E-state index in [-0.39, 0.29) is 28.0 Å². The molecule has 0 fully saturated rings. The molecule has 1 aromatic carbocycles. The first-order chi connectivity index (χ1) is 9.76. The van der Waals surface area contributed by atoms with E-state index in [9.17, 15) is 12.8 Å². The lowest BCUT2D eigenvalue weighted by Crippen LogP contribution is -2.37. The van der Waals surface area contributed by atoms with Gasteiger partial charge >= 0.3 is 0 Å². The zero-order valence-corrected chi connectivity index (χ0v) is 13.8. The van der Waals surface area contributed by atoms with Crippen LogP contribution in [0.4, 0.5) is 4.39 Å². The van der Waals surface area contributed by atoms with Crippen LogP contribution in [0.5, 0.6) is 0 Å². The van der Waals surface area contributed by atoms with Crippen molar-refractivity contribution in [1.82, 2.24) is 4.72 Å². The van der Waals surface area contributed by atoms with Gasteiger partial charge < -0.3 is 5.11 Å². The van der Waals surface area contributed by atoms with Crippen LogP contribution in [0.25, 0.3) is 0 Å². The minimum absolute atomic E-state index is 0.00874. The molecule has 6 heteroatoms. The Hall–Kier alpha value is -0.980. The Balaban J connectivity index is 3.11. The number of aliphatic hydroxyl groups is 1. The minimum atomic E-state index is -3.72. The van der Waals surface area contributed by atoms with Crippen molar-refractivity contribution in [2.45, 2.75) is 58.1 Å². The molecular weight excluding hydrogens is 293 g/mol. The first-order valence-electron chi connectivity index (χ1n) is 7.19. The number of benzene rings is 1. The number of halogens is 1. The van der Waals surface area contributed by atoms with Crippen molar-refractivity contribution in [2.24, 2.45) is 5.92 Å². The summed E-state index contributed by atoms with van der Waals surface area (Å²) in [5, 5.41) is 9.12. The highest BCUT2D eigenvalue weighted by atomic mass is 32.2. The monoisotopic (exact) mass is 317 g/mol. The molecule has 2 N–H and O–H groups in total. The number of hydrogen-bond donors (Lipinski definition) is 2. The van der Waals surface area contributed by atoms with Crippen molar-refractivity contribution in [3.05, 3.63) is 29.1 Å². The van der Waals surface area contributed by atoms with Crippen LogP contribution in [0.3, 0.4) is 0 Å². The third kappa shape index (κ3) is 4.25. The van der Waals surface area contributed by atoms with Gasteiger partial charge in [-0.05, 0) is 37.5 Å². The van der Waals surface area contributed by atoms with Gasteiger partial charge in [-0.3, -0.25) is 0 Å². The van der Waals surface area contributed by atoms with Crippen molar-refractivity contribution in [1.29, 1.82) is 0 Å². The van der Waals surface area contributed by atoms with Gasteiger partial charge in [0.1, 0.15) is 5.82 Å². The van der Waals surface area contributed by atoms with Crippen molar-refractivity contribution >= 4 is 10.0 Å². The lowest BCUT2D eigenvalue weighted by atomic mass is 9.96. The summed E-state index contributed by atoms with van der Waals surface area (Å²) in [5.41, 5.74) is 0.197. The SMILES string of the molecule is CCC(CC)C(C)NS(=O)(=O)c1cc(C)c(F)c(CO)c1. The van der Waals surface area contributed by atoms with Gasteiger partial charge in [-0.15, -0.1) is 0 Å². The van der Waals surface area contributed by atoms with E-state index in [4.69, 9.17) is 5.11 Å². The highest BCUT2D eigenvalue weighted by Gasteiger charge is 2.23. The molecule has 0 saturated heterocycles. The van der Waals surface area contributed by atoms with Crippen LogP contribution in [0, 0.1) is 18.7 Å². The number of sulfonamides is 1. The van der Waals surface area contributed by atoms with Gasteiger partial charge in [-0.25, -0.2) is 17.5 Å². The topological polar surface area (TPSA) is 66.4 Å². The largest absolute Gasteiger partial charge is 0.392 e. The van der Waals surface area contributed by atoms with Gasteiger partial charge in [0.05, 0.1) is 11.5 Å². The maximum atomic E-state index is 13.7. The summed E-state index contributed by atoms with van der Waals surface area (Å²) in [6.45, 7) is 6.82. The Morgan fingerprint density at radius 2 is 1.86 bits per heavy atom. The zero-order chi connectivity index (χ0) is 16.2. The average molecular weight is 317 g/mol. The summed E-state index contributed by atoms with van der Waals surface area (Å²) < 4.78 is 41.1. The number of hydrogen-bond acceptors (Lipinski definition) is 3. The number of aliphatic hydroxyl groups excluding tert-OH is 1. The van der Waals surface area contributed by atoms with Crippen LogP contribution >= 0.6 is 0 Å². The fourth-order valence-electron chi connectivity index (χ4n) is 2.48. The Bertz CT molecular complexity index is 583. The Morgan fingerprint density at radius 1 is 1.29 bits per heavy atom. The van der Waals surface area contributed by atoms with Crippen LogP contribution in [-0.4, -0.2) is 19.6 Å². The Labute approximate surface area is 126 Å². The second kappa shape index (κ2) is 7.33. The second-order valence-corrected chi connectivity index (χ2v) is 7.07. The molecule has 0 bridgehead atoms. The highest BCUT2D eigenvalue weighted by molar-refractivity contribution is 7.89. The quantitative estimate of drug-likeness (QED) is 0.812. The first-order valence-corrected chi connectivity index (χ1v) is 8.67. The van der Waals surface area contributed by atoms with Crippen LogP contribution in [0.1, 0.15) is 44.7 Å². The minimum Gasteiger partial charge on any atom is -0.392 e. The third-order valence-electron chi connectivity index (χ3n) is 3.88. The first kappa shape index (κ1) is 18.1. The molecule has 21 heavy (non-hydrogen) atoms. The molecule has 4 nitrogen and oxygen atoms in total. The smallest absolute Gasteiger partial charge is 0.240 e. The average Bonchev–Trinajstić information content (AvgIpc) is 2.42. The van der Waals surface area contributed by atoms with Gasteiger partial charge in [-0.2, -0.15) is 0 Å². The molecule has 0 aliphatic rings. The lowest BCUT2D eigenvalue weighted by molar-refractivity contribution is 0.275. The van der Waals surface area contributed by atoms with E-state index >= 15 is 0 Å². The summed E-state index contributed by atoms with van der Waals surface area (Å²) in [6.07, 6.45) is 1.76. The van der Waals surface area contributed by atoms with E-state index < -0.39 is 22.4 Å². The van der Waals surface area contributed by atoms with Gasteiger partial charge in [0.25, 0.3) is 0 Å². The van der Waals surface area contributed by atoms with Gasteiger partial charge in [0.2, 0.25) is 10.0 Å². The van der Waals surface area contributed by atoms with E-state index in [0.717, 1.165) is 12.8 Å². The molecule has 0 spiro atoms. The van der Waals surface area contributed by atoms with Gasteiger partial charge in [-0.1, -0.05) is 26.7 Å². The predicted molar refractivity (Wildman–Crippen MR) is 80.9 cm³/mol. The molecule has 0 aromatic heterocycles.